The normalized spacial score (nSPS) is 20.9. The van der Waals surface area contributed by atoms with Crippen molar-refractivity contribution < 1.29 is 175 Å². The van der Waals surface area contributed by atoms with E-state index < -0.39 is 125 Å². The molecule has 0 aromatic carbocycles. The minimum Gasteiger partial charge on any atom is -0.549 e. The molecule has 2 aliphatic heterocycles. The van der Waals surface area contributed by atoms with E-state index in [1.54, 1.807) is 9.80 Å². The number of nitrogens with zero attached hydrogens (tertiary/aromatic N) is 9. The van der Waals surface area contributed by atoms with Crippen LogP contribution >= 0.6 is 0 Å². The number of aliphatic hydroxyl groups is 7. The summed E-state index contributed by atoms with van der Waals surface area (Å²) in [6.07, 6.45) is -10.4. The van der Waals surface area contributed by atoms with Crippen LogP contribution in [0.2, 0.25) is 0 Å². The first-order chi connectivity index (χ1) is 32.0. The average Bonchev–Trinajstić information content (AvgIpc) is 3.23. The predicted octanol–water partition coefficient (Wildman–Crippen LogP) is -16.6. The quantitative estimate of drug-likeness (QED) is 0.0423. The van der Waals surface area contributed by atoms with Crippen LogP contribution in [-0.4, -0.2) is 336 Å². The Kier molecular flexibility index (Phi) is 36.9. The standard InChI is InChI=1S/C40H75N9O19.2Gd/c50-28-32(54)40(68)39(67)31(53)21-49(19-29(51)17-41-1-5-43(22-33(55)56)9-13-47(26-37(63)64)14-10-44(6-2-41)23-34(57)58)20-30(52)18-42-3-7-45(24-35(59)60)11-15-48(27-38(65)66)16-12-46(8-4-42)25-36(61)62;;/h29-32,39-40,50-54,67-68H,1-28H2,(H,55,56)(H,57,58)(H,59,60)(H,61,62)(H,63,64)(H,65,66);;/q;2*+3/p-6/t29?,30?,31-,32+,39+,40+;;/m0../s1. The van der Waals surface area contributed by atoms with Gasteiger partial charge in [0, 0.05) is 177 Å². The molecule has 7 N–H and O–H groups in total. The molecule has 0 aromatic rings. The SMILES string of the molecule is O=C([O-])CN1CCN(CC(=O)[O-])CCN(CC(O)CN(CC(O)CN2CCN(CC(=O)[O-])CCN(CC(=O)[O-])CCN(CC(=O)[O-])CC2)C[C@H](O)[C@@H](O)[C@H](O)[C@H](O)CO)CCN(CC(=O)[O-])CC1.[Gd+3].[Gd+3]. The maximum atomic E-state index is 11.6. The second-order valence-corrected chi connectivity index (χ2v) is 17.3. The Balaban J connectivity index is 0.0000238. The molecule has 2 fully saturated rings. The molecular weight excluding hydrogens is 1220 g/mol. The molecular formula is C40H69Gd2N9O19. The van der Waals surface area contributed by atoms with E-state index in [1.807, 2.05) is 0 Å². The van der Waals surface area contributed by atoms with Gasteiger partial charge in [-0.05, 0) is 0 Å². The van der Waals surface area contributed by atoms with Gasteiger partial charge in [0.05, 0.1) is 60.7 Å². The van der Waals surface area contributed by atoms with E-state index in [4.69, 9.17) is 0 Å². The van der Waals surface area contributed by atoms with Crippen LogP contribution in [0.15, 0.2) is 0 Å². The molecule has 2 aliphatic rings. The summed E-state index contributed by atoms with van der Waals surface area (Å²) in [7, 11) is 0. The van der Waals surface area contributed by atoms with E-state index in [2.05, 4.69) is 0 Å². The van der Waals surface area contributed by atoms with Gasteiger partial charge in [0.25, 0.3) is 0 Å². The fraction of sp³-hybridized carbons (Fsp3) is 0.850. The molecule has 2 radical (unpaired) electrons. The number of hydrogen-bond acceptors (Lipinski definition) is 28. The number of carbonyl (C=O) groups excluding carboxylic acids is 6. The first-order valence-corrected chi connectivity index (χ1v) is 22.4. The third kappa shape index (κ3) is 30.9. The Morgan fingerprint density at radius 2 is 0.557 bits per heavy atom. The maximum Gasteiger partial charge on any atom is 3.00 e. The maximum absolute atomic E-state index is 11.6. The number of carboxylic acids is 6. The summed E-state index contributed by atoms with van der Waals surface area (Å²) in [4.78, 5) is 83.1. The first-order valence-electron chi connectivity index (χ1n) is 22.4. The smallest absolute Gasteiger partial charge is 0.549 e. The van der Waals surface area contributed by atoms with Gasteiger partial charge in [-0.15, -0.1) is 0 Å². The van der Waals surface area contributed by atoms with Crippen molar-refractivity contribution in [2.45, 2.75) is 36.6 Å². The van der Waals surface area contributed by atoms with Crippen LogP contribution in [0.4, 0.5) is 0 Å². The predicted molar refractivity (Wildman–Crippen MR) is 221 cm³/mol. The zero-order valence-corrected chi connectivity index (χ0v) is 43.6. The van der Waals surface area contributed by atoms with Gasteiger partial charge in [-0.25, -0.2) is 0 Å². The number of rotatable bonds is 26. The van der Waals surface area contributed by atoms with E-state index >= 15 is 0 Å². The van der Waals surface area contributed by atoms with Crippen molar-refractivity contribution in [3.8, 4) is 0 Å². The van der Waals surface area contributed by atoms with Gasteiger partial charge in [-0.3, -0.25) is 44.1 Å². The third-order valence-electron chi connectivity index (χ3n) is 11.6. The van der Waals surface area contributed by atoms with E-state index in [1.165, 1.54) is 34.3 Å². The molecule has 404 valence electrons. The zero-order valence-electron chi connectivity index (χ0n) is 39.0. The Labute approximate surface area is 470 Å². The molecule has 0 aromatic heterocycles. The van der Waals surface area contributed by atoms with Crippen molar-refractivity contribution in [1.29, 1.82) is 0 Å². The molecule has 0 spiro atoms. The second kappa shape index (κ2) is 37.5. The molecule has 28 nitrogen and oxygen atoms in total. The minimum atomic E-state index is -2.03. The Bertz CT molecular complexity index is 1400. The summed E-state index contributed by atoms with van der Waals surface area (Å²) < 4.78 is 0. The second-order valence-electron chi connectivity index (χ2n) is 17.3. The van der Waals surface area contributed by atoms with Gasteiger partial charge in [-0.1, -0.05) is 0 Å². The summed E-state index contributed by atoms with van der Waals surface area (Å²) >= 11 is 0. The fourth-order valence-electron chi connectivity index (χ4n) is 8.03. The van der Waals surface area contributed by atoms with Crippen molar-refractivity contribution in [2.75, 3.05) is 183 Å². The number of β-amino-alcohol motifs (C(OH)–C–C–N with tert-alkyl or cyclic N) is 2. The molecule has 0 saturated carbocycles. The third-order valence-corrected chi connectivity index (χ3v) is 11.6. The Morgan fingerprint density at radius 1 is 0.357 bits per heavy atom. The van der Waals surface area contributed by atoms with E-state index in [0.717, 1.165) is 0 Å². The molecule has 0 bridgehead atoms. The van der Waals surface area contributed by atoms with Gasteiger partial charge >= 0.3 is 79.9 Å². The largest absolute Gasteiger partial charge is 3.00 e. The average molecular weight is 1290 g/mol. The number of carbonyl (C=O) groups is 6. The van der Waals surface area contributed by atoms with Crippen LogP contribution in [0.1, 0.15) is 0 Å². The van der Waals surface area contributed by atoms with Crippen LogP contribution in [0.5, 0.6) is 0 Å². The number of carboxylic acid groups (broad SMARTS) is 6. The molecule has 0 aliphatic carbocycles. The molecule has 0 amide bonds. The van der Waals surface area contributed by atoms with Gasteiger partial charge in [0.2, 0.25) is 0 Å². The number of aliphatic carboxylic acids is 6. The van der Waals surface area contributed by atoms with Crippen LogP contribution in [-0.2, 0) is 28.8 Å². The monoisotopic (exact) mass is 1300 g/mol. The molecule has 70 heavy (non-hydrogen) atoms. The summed E-state index contributed by atoms with van der Waals surface area (Å²) in [5.74, 6) is -8.38. The molecule has 2 saturated heterocycles. The molecule has 2 unspecified atom stereocenters. The van der Waals surface area contributed by atoms with Gasteiger partial charge < -0.3 is 95.2 Å². The first kappa shape index (κ1) is 68.8. The van der Waals surface area contributed by atoms with Crippen molar-refractivity contribution in [3.63, 3.8) is 0 Å². The van der Waals surface area contributed by atoms with E-state index in [-0.39, 0.29) is 211 Å². The number of aliphatic hydroxyl groups excluding tert-OH is 7. The molecule has 6 atom stereocenters. The van der Waals surface area contributed by atoms with Gasteiger partial charge in [0.1, 0.15) is 18.3 Å². The van der Waals surface area contributed by atoms with Crippen LogP contribution in [0.3, 0.4) is 0 Å². The zero-order chi connectivity index (χ0) is 50.9. The topological polar surface area (TPSA) is 412 Å². The summed E-state index contributed by atoms with van der Waals surface area (Å²) in [5.41, 5.74) is 0. The summed E-state index contributed by atoms with van der Waals surface area (Å²) in [6, 6.07) is 0. The van der Waals surface area contributed by atoms with Gasteiger partial charge in [-0.2, -0.15) is 0 Å². The van der Waals surface area contributed by atoms with E-state index in [9.17, 15) is 95.2 Å². The van der Waals surface area contributed by atoms with E-state index in [0.29, 0.717) is 0 Å². The van der Waals surface area contributed by atoms with Crippen LogP contribution in [0, 0.1) is 79.9 Å². The van der Waals surface area contributed by atoms with Crippen molar-refractivity contribution in [1.82, 2.24) is 44.1 Å². The fourth-order valence-corrected chi connectivity index (χ4v) is 8.03. The van der Waals surface area contributed by atoms with Gasteiger partial charge in [0.15, 0.2) is 0 Å². The minimum absolute atomic E-state index is 0. The number of hydrogen-bond donors (Lipinski definition) is 7. The Morgan fingerprint density at radius 3 is 0.757 bits per heavy atom. The Hall–Kier alpha value is -1.17. The molecule has 30 heteroatoms. The van der Waals surface area contributed by atoms with Crippen molar-refractivity contribution >= 4 is 35.8 Å². The van der Waals surface area contributed by atoms with Crippen LogP contribution < -0.4 is 30.6 Å². The van der Waals surface area contributed by atoms with Crippen molar-refractivity contribution in [2.24, 2.45) is 0 Å². The van der Waals surface area contributed by atoms with Crippen LogP contribution in [0.25, 0.3) is 0 Å². The molecule has 2 rings (SSSR count). The van der Waals surface area contributed by atoms with Crippen molar-refractivity contribution in [3.05, 3.63) is 0 Å². The molecule has 2 heterocycles. The summed E-state index contributed by atoms with van der Waals surface area (Å²) in [6.45, 7) is -4.17. The summed E-state index contributed by atoms with van der Waals surface area (Å²) in [5, 5.41) is 144.